The Hall–Kier alpha value is -1.07. The second-order valence-corrected chi connectivity index (χ2v) is 3.73. The Balaban J connectivity index is 2.90. The first-order chi connectivity index (χ1) is 6.50. The van der Waals surface area contributed by atoms with Crippen molar-refractivity contribution in [1.82, 2.24) is 0 Å². The lowest BCUT2D eigenvalue weighted by Crippen LogP contribution is -2.05. The van der Waals surface area contributed by atoms with E-state index < -0.39 is 18.5 Å². The van der Waals surface area contributed by atoms with Crippen molar-refractivity contribution < 1.29 is 20.1 Å². The first-order valence-electron chi connectivity index (χ1n) is 3.89. The fourth-order valence-corrected chi connectivity index (χ4v) is 1.42. The molecule has 4 nitrogen and oxygen atoms in total. The summed E-state index contributed by atoms with van der Waals surface area (Å²) >= 11 is 3.14. The van der Waals surface area contributed by atoms with Gasteiger partial charge in [0.2, 0.25) is 0 Å². The first-order valence-corrected chi connectivity index (χ1v) is 4.68. The Kier molecular flexibility index (Phi) is 3.49. The molecule has 0 aliphatic carbocycles. The van der Waals surface area contributed by atoms with Crippen molar-refractivity contribution in [2.24, 2.45) is 0 Å². The van der Waals surface area contributed by atoms with Crippen molar-refractivity contribution in [3.05, 3.63) is 28.2 Å². The number of benzene rings is 1. The minimum atomic E-state index is -1.18. The van der Waals surface area contributed by atoms with E-state index in [-0.39, 0.29) is 11.3 Å². The molecule has 0 amide bonds. The van der Waals surface area contributed by atoms with Crippen LogP contribution in [0.1, 0.15) is 18.1 Å². The number of aliphatic hydroxyl groups is 1. The van der Waals surface area contributed by atoms with E-state index in [0.29, 0.717) is 4.47 Å². The Labute approximate surface area is 88.9 Å². The Bertz CT molecular complexity index is 351. The first kappa shape index (κ1) is 11.0. The van der Waals surface area contributed by atoms with E-state index in [1.165, 1.54) is 12.1 Å². The van der Waals surface area contributed by atoms with E-state index in [4.69, 9.17) is 5.11 Å². The summed E-state index contributed by atoms with van der Waals surface area (Å²) in [5, 5.41) is 27.2. The van der Waals surface area contributed by atoms with Gasteiger partial charge in [-0.1, -0.05) is 22.0 Å². The number of hydrogen-bond acceptors (Lipinski definition) is 3. The number of carboxylic acid groups (broad SMARTS) is 1. The maximum Gasteiger partial charge on any atom is 0.306 e. The van der Waals surface area contributed by atoms with Gasteiger partial charge in [-0.25, -0.2) is 0 Å². The molecule has 5 heteroatoms. The average molecular weight is 261 g/mol. The minimum Gasteiger partial charge on any atom is -0.508 e. The van der Waals surface area contributed by atoms with E-state index in [9.17, 15) is 15.0 Å². The van der Waals surface area contributed by atoms with Crippen LogP contribution in [-0.4, -0.2) is 21.3 Å². The highest BCUT2D eigenvalue weighted by Crippen LogP contribution is 2.28. The maximum absolute atomic E-state index is 10.3. The smallest absolute Gasteiger partial charge is 0.306 e. The molecule has 3 N–H and O–H groups in total. The van der Waals surface area contributed by atoms with Gasteiger partial charge in [0.15, 0.2) is 0 Å². The summed E-state index contributed by atoms with van der Waals surface area (Å²) in [4.78, 5) is 10.3. The van der Waals surface area contributed by atoms with Crippen LogP contribution < -0.4 is 0 Å². The largest absolute Gasteiger partial charge is 0.508 e. The van der Waals surface area contributed by atoms with Crippen LogP contribution in [0.25, 0.3) is 0 Å². The number of aromatic hydroxyl groups is 1. The highest BCUT2D eigenvalue weighted by atomic mass is 79.9. The zero-order valence-electron chi connectivity index (χ0n) is 7.14. The maximum atomic E-state index is 10.3. The predicted molar refractivity (Wildman–Crippen MR) is 53.0 cm³/mol. The van der Waals surface area contributed by atoms with Crippen LogP contribution >= 0.6 is 15.9 Å². The summed E-state index contributed by atoms with van der Waals surface area (Å²) in [6.45, 7) is 0. The third kappa shape index (κ3) is 2.71. The Morgan fingerprint density at radius 3 is 2.64 bits per heavy atom. The van der Waals surface area contributed by atoms with Gasteiger partial charge < -0.3 is 15.3 Å². The molecule has 1 atom stereocenters. The summed E-state index contributed by atoms with van der Waals surface area (Å²) < 4.78 is 0.668. The topological polar surface area (TPSA) is 77.8 Å². The van der Waals surface area contributed by atoms with Crippen molar-refractivity contribution in [1.29, 1.82) is 0 Å². The number of aliphatic hydroxyl groups excluding tert-OH is 1. The van der Waals surface area contributed by atoms with Gasteiger partial charge in [-0.2, -0.15) is 0 Å². The Morgan fingerprint density at radius 1 is 1.50 bits per heavy atom. The second-order valence-electron chi connectivity index (χ2n) is 2.82. The van der Waals surface area contributed by atoms with Crippen LogP contribution in [0.15, 0.2) is 22.7 Å². The number of hydrogen-bond donors (Lipinski definition) is 3. The van der Waals surface area contributed by atoms with Gasteiger partial charge in [0.25, 0.3) is 0 Å². The molecule has 1 aromatic carbocycles. The SMILES string of the molecule is O=C(O)C[C@H](O)c1ccc(Br)cc1O. The summed E-state index contributed by atoms with van der Waals surface area (Å²) in [5.74, 6) is -1.23. The Morgan fingerprint density at radius 2 is 2.14 bits per heavy atom. The molecular formula is C9H9BrO4. The van der Waals surface area contributed by atoms with Crippen LogP contribution in [0.3, 0.4) is 0 Å². The van der Waals surface area contributed by atoms with Gasteiger partial charge in [0, 0.05) is 10.0 Å². The highest BCUT2D eigenvalue weighted by molar-refractivity contribution is 9.10. The molecule has 0 unspecified atom stereocenters. The van der Waals surface area contributed by atoms with E-state index >= 15 is 0 Å². The van der Waals surface area contributed by atoms with E-state index in [1.54, 1.807) is 6.07 Å². The van der Waals surface area contributed by atoms with Crippen LogP contribution in [0.2, 0.25) is 0 Å². The fourth-order valence-electron chi connectivity index (χ4n) is 1.07. The van der Waals surface area contributed by atoms with E-state index in [1.807, 2.05) is 0 Å². The van der Waals surface area contributed by atoms with Crippen LogP contribution in [-0.2, 0) is 4.79 Å². The number of rotatable bonds is 3. The highest BCUT2D eigenvalue weighted by Gasteiger charge is 2.15. The molecule has 0 aliphatic rings. The number of carboxylic acids is 1. The second kappa shape index (κ2) is 4.43. The standard InChI is InChI=1S/C9H9BrO4/c10-5-1-2-6(7(11)3-5)8(12)4-9(13)14/h1-3,8,11-12H,4H2,(H,13,14)/t8-/m0/s1. The third-order valence-corrected chi connectivity index (χ3v) is 2.21. The van der Waals surface area contributed by atoms with E-state index in [0.717, 1.165) is 0 Å². The molecule has 0 aromatic heterocycles. The lowest BCUT2D eigenvalue weighted by Gasteiger charge is -2.10. The zero-order valence-corrected chi connectivity index (χ0v) is 8.73. The normalized spacial score (nSPS) is 12.4. The molecule has 1 aromatic rings. The summed E-state index contributed by atoms with van der Waals surface area (Å²) in [7, 11) is 0. The van der Waals surface area contributed by atoms with Gasteiger partial charge >= 0.3 is 5.97 Å². The zero-order chi connectivity index (χ0) is 10.7. The molecule has 0 saturated carbocycles. The van der Waals surface area contributed by atoms with Crippen molar-refractivity contribution in [2.45, 2.75) is 12.5 Å². The predicted octanol–water partition coefficient (Wildman–Crippen LogP) is 1.66. The molecule has 14 heavy (non-hydrogen) atoms. The number of aliphatic carboxylic acids is 1. The van der Waals surface area contributed by atoms with Crippen LogP contribution in [0.4, 0.5) is 0 Å². The molecule has 0 spiro atoms. The molecule has 1 rings (SSSR count). The van der Waals surface area contributed by atoms with Crippen molar-refractivity contribution in [3.8, 4) is 5.75 Å². The van der Waals surface area contributed by atoms with Gasteiger partial charge in [-0.05, 0) is 12.1 Å². The molecule has 0 aliphatic heterocycles. The number of phenols is 1. The van der Waals surface area contributed by atoms with Gasteiger partial charge in [-0.3, -0.25) is 4.79 Å². The molecular weight excluding hydrogens is 252 g/mol. The quantitative estimate of drug-likeness (QED) is 0.773. The third-order valence-electron chi connectivity index (χ3n) is 1.72. The molecule has 76 valence electrons. The number of halogens is 1. The van der Waals surface area contributed by atoms with Gasteiger partial charge in [0.05, 0.1) is 12.5 Å². The molecule has 0 saturated heterocycles. The van der Waals surface area contributed by atoms with Gasteiger partial charge in [0.1, 0.15) is 5.75 Å². The summed E-state index contributed by atoms with van der Waals surface area (Å²) in [6.07, 6.45) is -1.60. The van der Waals surface area contributed by atoms with Crippen molar-refractivity contribution in [3.63, 3.8) is 0 Å². The molecule has 0 heterocycles. The lowest BCUT2D eigenvalue weighted by atomic mass is 10.1. The van der Waals surface area contributed by atoms with Gasteiger partial charge in [-0.15, -0.1) is 0 Å². The number of phenolic OH excluding ortho intramolecular Hbond substituents is 1. The van der Waals surface area contributed by atoms with Crippen LogP contribution in [0.5, 0.6) is 5.75 Å². The molecule has 0 bridgehead atoms. The fraction of sp³-hybridized carbons (Fsp3) is 0.222. The minimum absolute atomic E-state index is 0.117. The number of carbonyl (C=O) groups is 1. The summed E-state index contributed by atoms with van der Waals surface area (Å²) in [6, 6.07) is 4.51. The lowest BCUT2D eigenvalue weighted by molar-refractivity contribution is -0.139. The molecule has 0 fully saturated rings. The summed E-state index contributed by atoms with van der Waals surface area (Å²) in [5.41, 5.74) is 0.218. The van der Waals surface area contributed by atoms with Crippen molar-refractivity contribution >= 4 is 21.9 Å². The van der Waals surface area contributed by atoms with Crippen molar-refractivity contribution in [2.75, 3.05) is 0 Å². The monoisotopic (exact) mass is 260 g/mol. The van der Waals surface area contributed by atoms with Crippen LogP contribution in [0, 0.1) is 0 Å². The van der Waals surface area contributed by atoms with E-state index in [2.05, 4.69) is 15.9 Å². The molecule has 0 radical (unpaired) electrons. The average Bonchev–Trinajstić information content (AvgIpc) is 2.01.